The lowest BCUT2D eigenvalue weighted by Crippen LogP contribution is -2.44. The SMILES string of the molecule is CC(=O)NC(C)(C)CC(C)C(C)C(C)(C)C. The number of carbonyl (C=O) groups is 1. The summed E-state index contributed by atoms with van der Waals surface area (Å²) in [4.78, 5) is 11.1. The van der Waals surface area contributed by atoms with Crippen molar-refractivity contribution in [3.05, 3.63) is 0 Å². The van der Waals surface area contributed by atoms with Crippen LogP contribution >= 0.6 is 0 Å². The van der Waals surface area contributed by atoms with E-state index < -0.39 is 0 Å². The van der Waals surface area contributed by atoms with Crippen LogP contribution < -0.4 is 5.32 Å². The minimum atomic E-state index is -0.106. The van der Waals surface area contributed by atoms with Gasteiger partial charge in [0.05, 0.1) is 0 Å². The van der Waals surface area contributed by atoms with Gasteiger partial charge in [0.15, 0.2) is 0 Å². The van der Waals surface area contributed by atoms with E-state index in [-0.39, 0.29) is 11.4 Å². The molecule has 0 heterocycles. The molecule has 0 rings (SSSR count). The number of hydrogen-bond acceptors (Lipinski definition) is 1. The molecule has 0 aromatic rings. The van der Waals surface area contributed by atoms with Gasteiger partial charge in [-0.25, -0.2) is 0 Å². The predicted octanol–water partition coefficient (Wildman–Crippen LogP) is 3.61. The van der Waals surface area contributed by atoms with Crippen LogP contribution in [0.15, 0.2) is 0 Å². The van der Waals surface area contributed by atoms with Crippen molar-refractivity contribution in [1.82, 2.24) is 5.32 Å². The first-order valence-corrected chi connectivity index (χ1v) is 6.24. The molecule has 0 radical (unpaired) electrons. The Balaban J connectivity index is 4.44. The first-order valence-electron chi connectivity index (χ1n) is 6.24. The smallest absolute Gasteiger partial charge is 0.217 e. The molecular formula is C14H29NO. The van der Waals surface area contributed by atoms with E-state index in [0.717, 1.165) is 6.42 Å². The maximum absolute atomic E-state index is 11.1. The van der Waals surface area contributed by atoms with Crippen molar-refractivity contribution in [2.24, 2.45) is 17.3 Å². The average molecular weight is 227 g/mol. The second-order valence-corrected chi connectivity index (χ2v) is 6.90. The van der Waals surface area contributed by atoms with Gasteiger partial charge in [0, 0.05) is 12.5 Å². The highest BCUT2D eigenvalue weighted by Gasteiger charge is 2.30. The van der Waals surface area contributed by atoms with Crippen LogP contribution in [-0.2, 0) is 4.79 Å². The summed E-state index contributed by atoms with van der Waals surface area (Å²) in [5.41, 5.74) is 0.219. The summed E-state index contributed by atoms with van der Waals surface area (Å²) in [6.45, 7) is 17.2. The first-order chi connectivity index (χ1) is 6.96. The van der Waals surface area contributed by atoms with Gasteiger partial charge in [0.2, 0.25) is 5.91 Å². The van der Waals surface area contributed by atoms with Gasteiger partial charge in [0.25, 0.3) is 0 Å². The number of hydrogen-bond donors (Lipinski definition) is 1. The predicted molar refractivity (Wildman–Crippen MR) is 70.3 cm³/mol. The second-order valence-electron chi connectivity index (χ2n) is 6.90. The van der Waals surface area contributed by atoms with E-state index in [1.807, 2.05) is 0 Å². The fraction of sp³-hybridized carbons (Fsp3) is 0.929. The summed E-state index contributed by atoms with van der Waals surface area (Å²) in [7, 11) is 0. The molecule has 2 nitrogen and oxygen atoms in total. The third-order valence-electron chi connectivity index (χ3n) is 3.57. The van der Waals surface area contributed by atoms with Crippen LogP contribution in [0.25, 0.3) is 0 Å². The molecule has 0 aliphatic heterocycles. The minimum absolute atomic E-state index is 0.0561. The van der Waals surface area contributed by atoms with Crippen molar-refractivity contribution in [3.8, 4) is 0 Å². The molecule has 1 N–H and O–H groups in total. The highest BCUT2D eigenvalue weighted by atomic mass is 16.1. The second kappa shape index (κ2) is 5.20. The summed E-state index contributed by atoms with van der Waals surface area (Å²) >= 11 is 0. The summed E-state index contributed by atoms with van der Waals surface area (Å²) < 4.78 is 0. The third-order valence-corrected chi connectivity index (χ3v) is 3.57. The zero-order valence-electron chi connectivity index (χ0n) is 12.3. The molecule has 0 saturated carbocycles. The van der Waals surface area contributed by atoms with Gasteiger partial charge >= 0.3 is 0 Å². The van der Waals surface area contributed by atoms with Gasteiger partial charge in [-0.3, -0.25) is 4.79 Å². The molecule has 0 bridgehead atoms. The van der Waals surface area contributed by atoms with Crippen molar-refractivity contribution >= 4 is 5.91 Å². The van der Waals surface area contributed by atoms with E-state index in [0.29, 0.717) is 17.3 Å². The fourth-order valence-corrected chi connectivity index (χ4v) is 2.36. The Kier molecular flexibility index (Phi) is 5.03. The molecule has 16 heavy (non-hydrogen) atoms. The van der Waals surface area contributed by atoms with Crippen LogP contribution in [0.2, 0.25) is 0 Å². The normalized spacial score (nSPS) is 16.8. The molecule has 0 saturated heterocycles. The van der Waals surface area contributed by atoms with Gasteiger partial charge in [-0.15, -0.1) is 0 Å². The fourth-order valence-electron chi connectivity index (χ4n) is 2.36. The Labute approximate surface area is 101 Å². The topological polar surface area (TPSA) is 29.1 Å². The monoisotopic (exact) mass is 227 g/mol. The number of amides is 1. The molecular weight excluding hydrogens is 198 g/mol. The number of rotatable bonds is 4. The van der Waals surface area contributed by atoms with E-state index >= 15 is 0 Å². The van der Waals surface area contributed by atoms with Gasteiger partial charge in [-0.05, 0) is 37.5 Å². The standard InChI is InChI=1S/C14H29NO/c1-10(11(2)13(4,5)6)9-14(7,8)15-12(3)16/h10-11H,9H2,1-8H3,(H,15,16). The maximum Gasteiger partial charge on any atom is 0.217 e. The van der Waals surface area contributed by atoms with Crippen molar-refractivity contribution < 1.29 is 4.79 Å². The molecule has 0 fully saturated rings. The van der Waals surface area contributed by atoms with Gasteiger partial charge < -0.3 is 5.32 Å². The molecule has 0 aromatic heterocycles. The molecule has 0 aliphatic rings. The molecule has 0 aliphatic carbocycles. The highest BCUT2D eigenvalue weighted by Crippen LogP contribution is 2.35. The number of carbonyl (C=O) groups excluding carboxylic acids is 1. The van der Waals surface area contributed by atoms with Crippen molar-refractivity contribution in [1.29, 1.82) is 0 Å². The quantitative estimate of drug-likeness (QED) is 0.781. The Bertz CT molecular complexity index is 238. The third kappa shape index (κ3) is 5.53. The van der Waals surface area contributed by atoms with E-state index in [1.165, 1.54) is 0 Å². The first kappa shape index (κ1) is 15.5. The van der Waals surface area contributed by atoms with E-state index in [1.54, 1.807) is 6.92 Å². The van der Waals surface area contributed by atoms with Crippen LogP contribution in [-0.4, -0.2) is 11.4 Å². The molecule has 0 spiro atoms. The molecule has 96 valence electrons. The van der Waals surface area contributed by atoms with Crippen molar-refractivity contribution in [2.45, 2.75) is 67.3 Å². The van der Waals surface area contributed by atoms with Gasteiger partial charge in [-0.2, -0.15) is 0 Å². The zero-order chi connectivity index (χ0) is 13.1. The Morgan fingerprint density at radius 1 is 1.12 bits per heavy atom. The van der Waals surface area contributed by atoms with E-state index in [4.69, 9.17) is 0 Å². The van der Waals surface area contributed by atoms with Crippen LogP contribution in [0.3, 0.4) is 0 Å². The average Bonchev–Trinajstić information content (AvgIpc) is 1.97. The van der Waals surface area contributed by atoms with Crippen LogP contribution in [0, 0.1) is 17.3 Å². The molecule has 2 unspecified atom stereocenters. The summed E-state index contributed by atoms with van der Waals surface area (Å²) in [6.07, 6.45) is 1.02. The molecule has 0 aromatic carbocycles. The van der Waals surface area contributed by atoms with Crippen LogP contribution in [0.4, 0.5) is 0 Å². The van der Waals surface area contributed by atoms with Crippen molar-refractivity contribution in [3.63, 3.8) is 0 Å². The lowest BCUT2D eigenvalue weighted by atomic mass is 9.71. The zero-order valence-corrected chi connectivity index (χ0v) is 12.3. The molecule has 1 amide bonds. The lowest BCUT2D eigenvalue weighted by molar-refractivity contribution is -0.120. The summed E-state index contributed by atoms with van der Waals surface area (Å²) in [5.74, 6) is 1.29. The Hall–Kier alpha value is -0.530. The van der Waals surface area contributed by atoms with Crippen molar-refractivity contribution in [2.75, 3.05) is 0 Å². The van der Waals surface area contributed by atoms with Crippen LogP contribution in [0.5, 0.6) is 0 Å². The van der Waals surface area contributed by atoms with E-state index in [2.05, 4.69) is 53.8 Å². The lowest BCUT2D eigenvalue weighted by Gasteiger charge is -2.37. The van der Waals surface area contributed by atoms with Gasteiger partial charge in [0.1, 0.15) is 0 Å². The molecule has 2 heteroatoms. The Morgan fingerprint density at radius 2 is 1.56 bits per heavy atom. The maximum atomic E-state index is 11.1. The molecule has 2 atom stereocenters. The van der Waals surface area contributed by atoms with E-state index in [9.17, 15) is 4.79 Å². The highest BCUT2D eigenvalue weighted by molar-refractivity contribution is 5.73. The van der Waals surface area contributed by atoms with Crippen LogP contribution in [0.1, 0.15) is 61.8 Å². The summed E-state index contributed by atoms with van der Waals surface area (Å²) in [5, 5.41) is 3.02. The Morgan fingerprint density at radius 3 is 1.88 bits per heavy atom. The summed E-state index contributed by atoms with van der Waals surface area (Å²) in [6, 6.07) is 0. The minimum Gasteiger partial charge on any atom is -0.351 e. The number of nitrogens with one attached hydrogen (secondary N) is 1. The van der Waals surface area contributed by atoms with Gasteiger partial charge in [-0.1, -0.05) is 34.6 Å². The largest absolute Gasteiger partial charge is 0.351 e.